The fraction of sp³-hybridized carbons (Fsp3) is 0.710. The second-order valence-electron chi connectivity index (χ2n) is 20.3. The summed E-state index contributed by atoms with van der Waals surface area (Å²) in [6.07, 6.45) is 86.2. The molecule has 432 valence electrons. The third kappa shape index (κ3) is 74.5. The summed E-state index contributed by atoms with van der Waals surface area (Å²) in [4.78, 5) is 44.2. The normalized spacial score (nSPS) is 11.9. The molecule has 0 aromatic rings. The first-order valence-electron chi connectivity index (χ1n) is 31.0. The third-order valence-electron chi connectivity index (χ3n) is 13.1. The minimum Gasteiger partial charge on any atom is -0.468 e. The van der Waals surface area contributed by atoms with Crippen LogP contribution in [-0.2, 0) is 28.7 Å². The van der Waals surface area contributed by atoms with Crippen LogP contribution in [0.2, 0.25) is 0 Å². The van der Waals surface area contributed by atoms with Crippen molar-refractivity contribution >= 4 is 24.5 Å². The van der Waals surface area contributed by atoms with Gasteiger partial charge in [0.05, 0.1) is 13.2 Å². The van der Waals surface area contributed by atoms with Crippen molar-refractivity contribution in [1.82, 2.24) is 0 Å². The van der Waals surface area contributed by atoms with Crippen molar-refractivity contribution in [2.75, 3.05) is 13.2 Å². The molecule has 0 rings (SSSR count). The van der Waals surface area contributed by atoms with Gasteiger partial charge in [-0.2, -0.15) is 0 Å². The summed E-state index contributed by atoms with van der Waals surface area (Å²) in [6.45, 7) is 6.68. The van der Waals surface area contributed by atoms with Crippen LogP contribution in [0, 0.1) is 0 Å². The molecular weight excluding hydrogens is 925 g/mol. The zero-order valence-electron chi connectivity index (χ0n) is 48.4. The molecule has 0 heterocycles. The lowest BCUT2D eigenvalue weighted by atomic mass is 10.0. The molecule has 0 aliphatic rings. The van der Waals surface area contributed by atoms with E-state index in [9.17, 15) is 19.2 Å². The van der Waals surface area contributed by atoms with E-state index in [1.165, 1.54) is 154 Å². The highest BCUT2D eigenvalue weighted by Gasteiger charge is 2.03. The summed E-state index contributed by atoms with van der Waals surface area (Å²) in [7, 11) is 0. The van der Waals surface area contributed by atoms with E-state index in [2.05, 4.69) is 116 Å². The Bertz CT molecular complexity index is 1410. The molecule has 0 amide bonds. The highest BCUT2D eigenvalue weighted by molar-refractivity contribution is 5.78. The van der Waals surface area contributed by atoms with Crippen molar-refractivity contribution in [3.05, 3.63) is 97.2 Å². The van der Waals surface area contributed by atoms with Crippen molar-refractivity contribution < 1.29 is 28.7 Å². The molecule has 6 nitrogen and oxygen atoms in total. The summed E-state index contributed by atoms with van der Waals surface area (Å²) in [6, 6.07) is 0. The Hall–Kier alpha value is -3.80. The van der Waals surface area contributed by atoms with E-state index in [1.807, 2.05) is 0 Å². The summed E-state index contributed by atoms with van der Waals surface area (Å²) in [5.74, 6) is 0.872. The van der Waals surface area contributed by atoms with Crippen LogP contribution in [0.3, 0.4) is 0 Å². The van der Waals surface area contributed by atoms with Gasteiger partial charge in [0.25, 0.3) is 12.9 Å². The first-order valence-corrected chi connectivity index (χ1v) is 31.0. The van der Waals surface area contributed by atoms with Crippen LogP contribution in [0.15, 0.2) is 97.2 Å². The lowest BCUT2D eigenvalue weighted by molar-refractivity contribution is -0.129. The highest BCUT2D eigenvalue weighted by atomic mass is 16.5. The van der Waals surface area contributed by atoms with Crippen molar-refractivity contribution in [2.24, 2.45) is 0 Å². The first kappa shape index (κ1) is 75.4. The third-order valence-corrected chi connectivity index (χ3v) is 13.1. The average molecular weight is 1050 g/mol. The topological polar surface area (TPSA) is 86.7 Å². The zero-order valence-corrected chi connectivity index (χ0v) is 48.4. The summed E-state index contributed by atoms with van der Waals surface area (Å²) >= 11 is 0. The van der Waals surface area contributed by atoms with Gasteiger partial charge in [-0.25, -0.2) is 0 Å². The van der Waals surface area contributed by atoms with Crippen LogP contribution in [0.5, 0.6) is 0 Å². The lowest BCUT2D eigenvalue weighted by Crippen LogP contribution is -1.97. The Balaban J connectivity index is -0.00000138. The smallest absolute Gasteiger partial charge is 0.293 e. The molecule has 0 unspecified atom stereocenters. The fourth-order valence-electron chi connectivity index (χ4n) is 8.50. The second-order valence-corrected chi connectivity index (χ2v) is 20.3. The van der Waals surface area contributed by atoms with Crippen LogP contribution in [0.1, 0.15) is 304 Å². The van der Waals surface area contributed by atoms with Crippen molar-refractivity contribution in [3.63, 3.8) is 0 Å². The highest BCUT2D eigenvalue weighted by Crippen LogP contribution is 2.15. The Morgan fingerprint density at radius 3 is 0.733 bits per heavy atom. The van der Waals surface area contributed by atoms with Crippen molar-refractivity contribution in [2.45, 2.75) is 304 Å². The van der Waals surface area contributed by atoms with E-state index < -0.39 is 0 Å². The van der Waals surface area contributed by atoms with Gasteiger partial charge in [0, 0.05) is 25.7 Å². The molecule has 0 saturated carbocycles. The number of ketones is 2. The van der Waals surface area contributed by atoms with Crippen LogP contribution in [0.4, 0.5) is 0 Å². The Labute approximate surface area is 465 Å². The monoisotopic (exact) mass is 1040 g/mol. The number of hydrogen-bond donors (Lipinski definition) is 0. The lowest BCUT2D eigenvalue weighted by Gasteiger charge is -2.04. The number of hydrogen-bond acceptors (Lipinski definition) is 6. The predicted molar refractivity (Wildman–Crippen MR) is 328 cm³/mol. The van der Waals surface area contributed by atoms with Crippen LogP contribution in [0.25, 0.3) is 0 Å². The van der Waals surface area contributed by atoms with Crippen molar-refractivity contribution in [3.8, 4) is 0 Å². The summed E-state index contributed by atoms with van der Waals surface area (Å²) in [5.41, 5.74) is 0. The van der Waals surface area contributed by atoms with Gasteiger partial charge in [-0.15, -0.1) is 0 Å². The predicted octanol–water partition coefficient (Wildman–Crippen LogP) is 21.7. The van der Waals surface area contributed by atoms with E-state index in [0.29, 0.717) is 37.7 Å². The van der Waals surface area contributed by atoms with Crippen LogP contribution >= 0.6 is 0 Å². The van der Waals surface area contributed by atoms with Gasteiger partial charge >= 0.3 is 0 Å². The molecule has 0 radical (unpaired) electrons. The first-order chi connectivity index (χ1) is 36.6. The van der Waals surface area contributed by atoms with Gasteiger partial charge in [0.1, 0.15) is 11.6 Å². The van der Waals surface area contributed by atoms with E-state index >= 15 is 0 Å². The van der Waals surface area contributed by atoms with Crippen molar-refractivity contribution in [1.29, 1.82) is 0 Å². The van der Waals surface area contributed by atoms with Gasteiger partial charge in [-0.1, -0.05) is 260 Å². The number of rotatable bonds is 58. The number of unbranched alkanes of at least 4 members (excludes halogenated alkanes) is 28. The minimum atomic E-state index is 0. The maximum absolute atomic E-state index is 12.1. The Morgan fingerprint density at radius 2 is 0.480 bits per heavy atom. The summed E-state index contributed by atoms with van der Waals surface area (Å²) in [5, 5.41) is 0. The number of carbonyl (C=O) groups excluding carboxylic acids is 4. The van der Waals surface area contributed by atoms with E-state index in [1.54, 1.807) is 0 Å². The quantitative estimate of drug-likeness (QED) is 0.0343. The van der Waals surface area contributed by atoms with Gasteiger partial charge in [-0.05, 0) is 116 Å². The molecule has 0 atom stereocenters. The van der Waals surface area contributed by atoms with Crippen LogP contribution in [-0.4, -0.2) is 37.7 Å². The molecule has 0 bridgehead atoms. The van der Waals surface area contributed by atoms with Gasteiger partial charge < -0.3 is 9.47 Å². The zero-order chi connectivity index (χ0) is 53.8. The minimum absolute atomic E-state index is 0. The maximum Gasteiger partial charge on any atom is 0.293 e. The second kappa shape index (κ2) is 72.3. The molecular formula is C69H120O6. The molecule has 0 aromatic carbocycles. The molecule has 0 N–H and O–H groups in total. The molecule has 75 heavy (non-hydrogen) atoms. The molecule has 0 aliphatic heterocycles. The van der Waals surface area contributed by atoms with Gasteiger partial charge in [-0.3, -0.25) is 19.2 Å². The van der Waals surface area contributed by atoms with Crippen LogP contribution < -0.4 is 0 Å². The Morgan fingerprint density at radius 1 is 0.267 bits per heavy atom. The molecule has 0 fully saturated rings. The number of carbonyl (C=O) groups is 4. The number of Topliss-reactive ketones (excluding diaryl/α,β-unsaturated/α-hetero) is 2. The van der Waals surface area contributed by atoms with Gasteiger partial charge in [0.2, 0.25) is 0 Å². The molecule has 0 saturated heterocycles. The number of ether oxygens (including phenoxy) is 2. The van der Waals surface area contributed by atoms with E-state index in [0.717, 1.165) is 128 Å². The summed E-state index contributed by atoms with van der Waals surface area (Å²) < 4.78 is 9.39. The standard InChI is InChI=1S/C37H64O3.C31H52O3.CH4/c1-2-3-4-5-6-7-8-9-10-11-12-15-18-21-24-27-30-33-37(39)34-31-28-25-22-19-16-13-14-17-20-23-26-29-32-35-40-36-38;1-2-3-4-5-6-7-8-9-10-11-12-13-14-15-18-21-24-27-31(33)28-25-22-19-16-17-20-23-26-29-34-30-32;/h6-7,9-10,12,15,21,24,36H,2-5,8,11,13-14,16-20,22-23,25-35H2,1H3;6-7,9-10,12-13,15,18,30H,2-5,8,11,14,16-17,19-29H2,1H3;1H4/b7-6-,10-9-,15-12-,24-21-;7-6-,10-9-,13-12-,18-15-;. The average Bonchev–Trinajstić information content (AvgIpc) is 3.40. The SMILES string of the molecule is C.CCCCC/C=C\C/C=C\C/C=C\C/C=C\CCCC(=O)CCCCCCCCCCCCCCCCOC=O.CCCCC/C=C\C/C=C\C/C=C\C/C=C\CCCC(=O)CCCCCCCCCCOC=O. The number of allylic oxidation sites excluding steroid dienone is 16. The molecule has 0 aromatic heterocycles. The largest absolute Gasteiger partial charge is 0.468 e. The Kier molecular flexibility index (Phi) is 72.7. The molecule has 6 heteroatoms. The van der Waals surface area contributed by atoms with E-state index in [4.69, 9.17) is 4.74 Å². The maximum atomic E-state index is 12.1. The fourth-order valence-corrected chi connectivity index (χ4v) is 8.50. The molecule has 0 aliphatic carbocycles. The van der Waals surface area contributed by atoms with E-state index in [-0.39, 0.29) is 7.43 Å². The van der Waals surface area contributed by atoms with Gasteiger partial charge in [0.15, 0.2) is 0 Å². The molecule has 0 spiro atoms.